The Morgan fingerprint density at radius 1 is 1.09 bits per heavy atom. The number of sulfone groups is 1. The standard InChI is InChI=1S/C21H19F3N4O4S/c1-33(31,32)16-7-5-14(6-8-16)19-26-20(30)17(27-28-19)9-10-18(29)25-12-13-3-2-4-15(11-13)21(22,23)24/h2-8,11H,9-10,12H2,1H3,(H,25,29)(H,26,28,30). The second-order valence-electron chi connectivity index (χ2n) is 7.22. The van der Waals surface area contributed by atoms with Crippen molar-refractivity contribution in [2.75, 3.05) is 6.26 Å². The van der Waals surface area contributed by atoms with Gasteiger partial charge in [-0.15, -0.1) is 10.2 Å². The highest BCUT2D eigenvalue weighted by Gasteiger charge is 2.30. The van der Waals surface area contributed by atoms with Crippen molar-refractivity contribution in [3.8, 4) is 11.4 Å². The number of alkyl halides is 3. The first kappa shape index (κ1) is 24.1. The second kappa shape index (κ2) is 9.53. The molecule has 2 aromatic carbocycles. The van der Waals surface area contributed by atoms with Gasteiger partial charge in [0.1, 0.15) is 5.69 Å². The van der Waals surface area contributed by atoms with E-state index in [0.29, 0.717) is 11.1 Å². The van der Waals surface area contributed by atoms with Crippen LogP contribution in [0.3, 0.4) is 0 Å². The predicted octanol–water partition coefficient (Wildman–Crippen LogP) is 2.50. The van der Waals surface area contributed by atoms with Gasteiger partial charge in [0, 0.05) is 31.2 Å². The van der Waals surface area contributed by atoms with Crippen LogP contribution in [0.4, 0.5) is 13.2 Å². The molecular weight excluding hydrogens is 461 g/mol. The predicted molar refractivity (Wildman–Crippen MR) is 113 cm³/mol. The maximum Gasteiger partial charge on any atom is 0.416 e. The summed E-state index contributed by atoms with van der Waals surface area (Å²) < 4.78 is 61.3. The molecule has 0 spiro atoms. The summed E-state index contributed by atoms with van der Waals surface area (Å²) >= 11 is 0. The minimum absolute atomic E-state index is 0.0146. The summed E-state index contributed by atoms with van der Waals surface area (Å²) in [7, 11) is -3.36. The molecular formula is C21H19F3N4O4S. The first-order valence-corrected chi connectivity index (χ1v) is 11.5. The maximum atomic E-state index is 12.8. The summed E-state index contributed by atoms with van der Waals surface area (Å²) in [6, 6.07) is 10.4. The van der Waals surface area contributed by atoms with E-state index in [-0.39, 0.29) is 35.8 Å². The summed E-state index contributed by atoms with van der Waals surface area (Å²) in [4.78, 5) is 27.0. The van der Waals surface area contributed by atoms with Crippen LogP contribution in [0.1, 0.15) is 23.2 Å². The molecule has 1 amide bonds. The van der Waals surface area contributed by atoms with Gasteiger partial charge in [0.15, 0.2) is 15.7 Å². The average Bonchev–Trinajstić information content (AvgIpc) is 2.76. The molecule has 0 aliphatic carbocycles. The molecule has 8 nitrogen and oxygen atoms in total. The van der Waals surface area contributed by atoms with Gasteiger partial charge in [-0.1, -0.05) is 12.1 Å². The van der Waals surface area contributed by atoms with Crippen molar-refractivity contribution in [2.24, 2.45) is 0 Å². The van der Waals surface area contributed by atoms with Gasteiger partial charge in [0.2, 0.25) is 5.91 Å². The molecule has 0 saturated heterocycles. The van der Waals surface area contributed by atoms with Crippen LogP contribution in [-0.2, 0) is 33.8 Å². The highest BCUT2D eigenvalue weighted by atomic mass is 32.2. The highest BCUT2D eigenvalue weighted by Crippen LogP contribution is 2.29. The number of aryl methyl sites for hydroxylation is 1. The van der Waals surface area contributed by atoms with Crippen molar-refractivity contribution in [1.82, 2.24) is 20.5 Å². The average molecular weight is 480 g/mol. The third kappa shape index (κ3) is 6.48. The summed E-state index contributed by atoms with van der Waals surface area (Å²) in [5.41, 5.74) is -0.597. The normalized spacial score (nSPS) is 11.9. The summed E-state index contributed by atoms with van der Waals surface area (Å²) in [5.74, 6) is -0.327. The second-order valence-corrected chi connectivity index (χ2v) is 9.24. The summed E-state index contributed by atoms with van der Waals surface area (Å²) in [5, 5.41) is 10.3. The Morgan fingerprint density at radius 3 is 2.39 bits per heavy atom. The molecule has 174 valence electrons. The smallest absolute Gasteiger partial charge is 0.352 e. The van der Waals surface area contributed by atoms with E-state index in [4.69, 9.17) is 0 Å². The minimum Gasteiger partial charge on any atom is -0.352 e. The Hall–Kier alpha value is -3.54. The molecule has 0 bridgehead atoms. The third-order valence-electron chi connectivity index (χ3n) is 4.65. The lowest BCUT2D eigenvalue weighted by molar-refractivity contribution is -0.137. The third-order valence-corrected chi connectivity index (χ3v) is 5.78. The number of amides is 1. The van der Waals surface area contributed by atoms with Gasteiger partial charge in [-0.3, -0.25) is 9.59 Å². The Kier molecular flexibility index (Phi) is 6.96. The number of benzene rings is 2. The van der Waals surface area contributed by atoms with Crippen molar-refractivity contribution in [3.63, 3.8) is 0 Å². The van der Waals surface area contributed by atoms with E-state index in [0.717, 1.165) is 18.4 Å². The number of aromatic amines is 1. The Bertz CT molecular complexity index is 1320. The van der Waals surface area contributed by atoms with E-state index in [1.165, 1.54) is 36.4 Å². The molecule has 0 radical (unpaired) electrons. The van der Waals surface area contributed by atoms with Crippen molar-refractivity contribution in [2.45, 2.75) is 30.5 Å². The lowest BCUT2D eigenvalue weighted by atomic mass is 10.1. The van der Waals surface area contributed by atoms with Crippen molar-refractivity contribution in [1.29, 1.82) is 0 Å². The molecule has 0 atom stereocenters. The van der Waals surface area contributed by atoms with Crippen LogP contribution in [0.25, 0.3) is 11.4 Å². The van der Waals surface area contributed by atoms with Crippen LogP contribution in [0.5, 0.6) is 0 Å². The molecule has 1 aromatic heterocycles. The molecule has 0 fully saturated rings. The number of carbonyl (C=O) groups excluding carboxylic acids is 1. The Balaban J connectivity index is 1.58. The number of rotatable bonds is 7. The lowest BCUT2D eigenvalue weighted by Gasteiger charge is -2.09. The number of hydrogen-bond acceptors (Lipinski definition) is 6. The zero-order valence-corrected chi connectivity index (χ0v) is 18.1. The number of carbonyl (C=O) groups is 1. The quantitative estimate of drug-likeness (QED) is 0.536. The van der Waals surface area contributed by atoms with E-state index >= 15 is 0 Å². The van der Waals surface area contributed by atoms with Gasteiger partial charge < -0.3 is 10.3 Å². The molecule has 3 aromatic rings. The fourth-order valence-electron chi connectivity index (χ4n) is 2.89. The number of hydrogen-bond donors (Lipinski definition) is 2. The largest absolute Gasteiger partial charge is 0.416 e. The zero-order valence-electron chi connectivity index (χ0n) is 17.3. The molecule has 0 unspecified atom stereocenters. The fraction of sp³-hybridized carbons (Fsp3) is 0.238. The van der Waals surface area contributed by atoms with Crippen LogP contribution in [0, 0.1) is 0 Å². The monoisotopic (exact) mass is 480 g/mol. The molecule has 2 N–H and O–H groups in total. The minimum atomic E-state index is -4.47. The lowest BCUT2D eigenvalue weighted by Crippen LogP contribution is -2.25. The zero-order chi connectivity index (χ0) is 24.2. The molecule has 0 saturated carbocycles. The number of halogens is 3. The van der Waals surface area contributed by atoms with Gasteiger partial charge in [-0.05, 0) is 42.0 Å². The summed E-state index contributed by atoms with van der Waals surface area (Å²) in [6.45, 7) is -0.0901. The number of nitrogens with one attached hydrogen (secondary N) is 2. The molecule has 33 heavy (non-hydrogen) atoms. The van der Waals surface area contributed by atoms with Crippen LogP contribution < -0.4 is 10.9 Å². The number of H-pyrrole nitrogens is 1. The first-order chi connectivity index (χ1) is 15.4. The molecule has 12 heteroatoms. The topological polar surface area (TPSA) is 122 Å². The van der Waals surface area contributed by atoms with Crippen molar-refractivity contribution in [3.05, 3.63) is 75.7 Å². The van der Waals surface area contributed by atoms with Gasteiger partial charge in [0.25, 0.3) is 5.56 Å². The van der Waals surface area contributed by atoms with Gasteiger partial charge in [-0.2, -0.15) is 13.2 Å². The summed E-state index contributed by atoms with van der Waals surface area (Å²) in [6.07, 6.45) is -3.53. The van der Waals surface area contributed by atoms with Gasteiger partial charge in [0.05, 0.1) is 10.5 Å². The molecule has 0 aliphatic rings. The van der Waals surface area contributed by atoms with E-state index in [1.54, 1.807) is 0 Å². The maximum absolute atomic E-state index is 12.8. The molecule has 3 rings (SSSR count). The Morgan fingerprint density at radius 2 is 1.79 bits per heavy atom. The highest BCUT2D eigenvalue weighted by molar-refractivity contribution is 7.90. The van der Waals surface area contributed by atoms with Gasteiger partial charge >= 0.3 is 6.18 Å². The Labute approximate surface area is 186 Å². The van der Waals surface area contributed by atoms with E-state index in [2.05, 4.69) is 20.5 Å². The SMILES string of the molecule is CS(=O)(=O)c1ccc(-c2nnc(CCC(=O)NCc3cccc(C(F)(F)F)c3)c(=O)[nH]2)cc1. The van der Waals surface area contributed by atoms with E-state index in [9.17, 15) is 31.2 Å². The van der Waals surface area contributed by atoms with Gasteiger partial charge in [-0.25, -0.2) is 8.42 Å². The molecule has 0 aliphatic heterocycles. The first-order valence-electron chi connectivity index (χ1n) is 9.63. The van der Waals surface area contributed by atoms with Crippen LogP contribution in [0.15, 0.2) is 58.2 Å². The number of nitrogens with zero attached hydrogens (tertiary/aromatic N) is 2. The fourth-order valence-corrected chi connectivity index (χ4v) is 3.52. The van der Waals surface area contributed by atoms with E-state index < -0.39 is 33.0 Å². The van der Waals surface area contributed by atoms with Crippen LogP contribution >= 0.6 is 0 Å². The van der Waals surface area contributed by atoms with Crippen molar-refractivity contribution >= 4 is 15.7 Å². The van der Waals surface area contributed by atoms with Crippen molar-refractivity contribution < 1.29 is 26.4 Å². The molecule has 1 heterocycles. The van der Waals surface area contributed by atoms with Crippen LogP contribution in [-0.4, -0.2) is 35.8 Å². The van der Waals surface area contributed by atoms with Crippen LogP contribution in [0.2, 0.25) is 0 Å². The number of aromatic nitrogens is 3. The van der Waals surface area contributed by atoms with E-state index in [1.807, 2.05) is 0 Å².